The van der Waals surface area contributed by atoms with E-state index in [1.165, 1.54) is 0 Å². The molecule has 0 atom stereocenters. The first-order valence-corrected chi connectivity index (χ1v) is 6.53. The number of nitrogens with zero attached hydrogens (tertiary/aromatic N) is 4. The van der Waals surface area contributed by atoms with Gasteiger partial charge in [0.15, 0.2) is 0 Å². The van der Waals surface area contributed by atoms with Crippen LogP contribution in [-0.2, 0) is 6.54 Å². The third-order valence-corrected chi connectivity index (χ3v) is 2.59. The van der Waals surface area contributed by atoms with Gasteiger partial charge in [-0.15, -0.1) is 0 Å². The number of hydrogen-bond donors (Lipinski definition) is 2. The molecule has 2 aromatic heterocycles. The molecule has 0 aliphatic carbocycles. The summed E-state index contributed by atoms with van der Waals surface area (Å²) in [5.74, 6) is 1.01. The van der Waals surface area contributed by atoms with Crippen molar-refractivity contribution in [3.63, 3.8) is 0 Å². The first-order valence-electron chi connectivity index (χ1n) is 6.53. The fourth-order valence-corrected chi connectivity index (χ4v) is 1.91. The second kappa shape index (κ2) is 5.69. The fourth-order valence-electron chi connectivity index (χ4n) is 1.91. The van der Waals surface area contributed by atoms with Crippen LogP contribution in [0.1, 0.15) is 27.2 Å². The summed E-state index contributed by atoms with van der Waals surface area (Å²) in [7, 11) is 0. The average molecular weight is 260 g/mol. The Morgan fingerprint density at radius 1 is 1.37 bits per heavy atom. The minimum Gasteiger partial charge on any atom is -0.368 e. The molecule has 0 radical (unpaired) electrons. The number of hydrogen-bond acceptors (Lipinski definition) is 5. The van der Waals surface area contributed by atoms with Gasteiger partial charge < -0.3 is 11.1 Å². The second-order valence-electron chi connectivity index (χ2n) is 4.74. The van der Waals surface area contributed by atoms with Crippen LogP contribution in [0.15, 0.2) is 18.3 Å². The highest BCUT2D eigenvalue weighted by Crippen LogP contribution is 2.21. The Morgan fingerprint density at radius 3 is 2.84 bits per heavy atom. The molecule has 0 aromatic carbocycles. The predicted molar refractivity (Wildman–Crippen MR) is 76.7 cm³/mol. The fraction of sp³-hybridized carbons (Fsp3) is 0.462. The highest BCUT2D eigenvalue weighted by Gasteiger charge is 2.10. The smallest absolute Gasteiger partial charge is 0.222 e. The summed E-state index contributed by atoms with van der Waals surface area (Å²) < 4.78 is 1.93. The van der Waals surface area contributed by atoms with Gasteiger partial charge in [0.1, 0.15) is 5.82 Å². The topological polar surface area (TPSA) is 81.7 Å². The van der Waals surface area contributed by atoms with E-state index in [-0.39, 0.29) is 5.95 Å². The minimum atomic E-state index is 0.268. The van der Waals surface area contributed by atoms with Crippen LogP contribution >= 0.6 is 0 Å². The lowest BCUT2D eigenvalue weighted by Gasteiger charge is -2.11. The highest BCUT2D eigenvalue weighted by atomic mass is 15.3. The molecule has 0 saturated carbocycles. The van der Waals surface area contributed by atoms with E-state index in [0.29, 0.717) is 6.04 Å². The summed E-state index contributed by atoms with van der Waals surface area (Å²) >= 11 is 0. The standard InChI is InChI=1S/C13H20N6/c1-4-7-19-11(5-6-15-19)10-8-12(16-9(2)3)18-13(14)17-10/h5-6,8-9H,4,7H2,1-3H3,(H3,14,16,17,18). The van der Waals surface area contributed by atoms with Gasteiger partial charge in [-0.2, -0.15) is 10.1 Å². The molecule has 2 heterocycles. The van der Waals surface area contributed by atoms with Gasteiger partial charge >= 0.3 is 0 Å². The van der Waals surface area contributed by atoms with Gasteiger partial charge in [-0.05, 0) is 26.3 Å². The molecule has 0 unspecified atom stereocenters. The average Bonchev–Trinajstić information content (AvgIpc) is 2.76. The molecule has 0 spiro atoms. The Hall–Kier alpha value is -2.11. The van der Waals surface area contributed by atoms with Crippen molar-refractivity contribution in [2.24, 2.45) is 0 Å². The van der Waals surface area contributed by atoms with E-state index in [4.69, 9.17) is 5.73 Å². The van der Waals surface area contributed by atoms with Crippen molar-refractivity contribution in [2.45, 2.75) is 39.8 Å². The van der Waals surface area contributed by atoms with Gasteiger partial charge in [-0.1, -0.05) is 6.92 Å². The molecule has 6 nitrogen and oxygen atoms in total. The molecule has 0 aliphatic heterocycles. The molecular weight excluding hydrogens is 240 g/mol. The van der Waals surface area contributed by atoms with E-state index in [1.807, 2.05) is 16.8 Å². The number of aromatic nitrogens is 4. The predicted octanol–water partition coefficient (Wildman–Crippen LogP) is 2.15. The normalized spacial score (nSPS) is 10.9. The van der Waals surface area contributed by atoms with Gasteiger partial charge in [0.25, 0.3) is 0 Å². The zero-order valence-corrected chi connectivity index (χ0v) is 11.6. The molecule has 2 rings (SSSR count). The summed E-state index contributed by atoms with van der Waals surface area (Å²) in [4.78, 5) is 8.48. The van der Waals surface area contributed by atoms with Crippen LogP contribution in [0.3, 0.4) is 0 Å². The third kappa shape index (κ3) is 3.21. The summed E-state index contributed by atoms with van der Waals surface area (Å²) in [6.07, 6.45) is 2.80. The Labute approximate surface area is 113 Å². The van der Waals surface area contributed by atoms with E-state index >= 15 is 0 Å². The van der Waals surface area contributed by atoms with Crippen molar-refractivity contribution in [3.8, 4) is 11.4 Å². The summed E-state index contributed by atoms with van der Waals surface area (Å²) in [6.45, 7) is 7.09. The van der Waals surface area contributed by atoms with Crippen molar-refractivity contribution in [1.29, 1.82) is 0 Å². The summed E-state index contributed by atoms with van der Waals surface area (Å²) in [5, 5.41) is 7.54. The molecule has 2 aromatic rings. The largest absolute Gasteiger partial charge is 0.368 e. The van der Waals surface area contributed by atoms with E-state index in [9.17, 15) is 0 Å². The van der Waals surface area contributed by atoms with Gasteiger partial charge in [-0.3, -0.25) is 4.68 Å². The monoisotopic (exact) mass is 260 g/mol. The molecule has 102 valence electrons. The third-order valence-electron chi connectivity index (χ3n) is 2.59. The van der Waals surface area contributed by atoms with Gasteiger partial charge in [0.2, 0.25) is 5.95 Å². The van der Waals surface area contributed by atoms with Crippen molar-refractivity contribution in [3.05, 3.63) is 18.3 Å². The summed E-state index contributed by atoms with van der Waals surface area (Å²) in [6, 6.07) is 4.14. The number of aryl methyl sites for hydroxylation is 1. The van der Waals surface area contributed by atoms with Crippen molar-refractivity contribution >= 4 is 11.8 Å². The van der Waals surface area contributed by atoms with Crippen LogP contribution in [-0.4, -0.2) is 25.8 Å². The Morgan fingerprint density at radius 2 is 2.16 bits per heavy atom. The Bertz CT molecular complexity index is 546. The van der Waals surface area contributed by atoms with Crippen molar-refractivity contribution < 1.29 is 0 Å². The molecule has 6 heteroatoms. The molecule has 0 saturated heterocycles. The number of nitrogens with one attached hydrogen (secondary N) is 1. The quantitative estimate of drug-likeness (QED) is 0.860. The van der Waals surface area contributed by atoms with Crippen LogP contribution in [0, 0.1) is 0 Å². The van der Waals surface area contributed by atoms with Crippen LogP contribution in [0.25, 0.3) is 11.4 Å². The number of nitrogens with two attached hydrogens (primary N) is 1. The van der Waals surface area contributed by atoms with E-state index in [0.717, 1.165) is 30.2 Å². The highest BCUT2D eigenvalue weighted by molar-refractivity contribution is 5.60. The molecule has 3 N–H and O–H groups in total. The lowest BCUT2D eigenvalue weighted by molar-refractivity contribution is 0.608. The molecule has 19 heavy (non-hydrogen) atoms. The minimum absolute atomic E-state index is 0.268. The number of nitrogen functional groups attached to an aromatic ring is 1. The van der Waals surface area contributed by atoms with Crippen LogP contribution in [0.5, 0.6) is 0 Å². The lowest BCUT2D eigenvalue weighted by Crippen LogP contribution is -2.13. The number of anilines is 2. The van der Waals surface area contributed by atoms with Crippen LogP contribution in [0.2, 0.25) is 0 Å². The Kier molecular flexibility index (Phi) is 3.99. The zero-order chi connectivity index (χ0) is 13.8. The van der Waals surface area contributed by atoms with E-state index < -0.39 is 0 Å². The maximum absolute atomic E-state index is 5.77. The van der Waals surface area contributed by atoms with Gasteiger partial charge in [0.05, 0.1) is 11.4 Å². The lowest BCUT2D eigenvalue weighted by atomic mass is 10.2. The summed E-state index contributed by atoms with van der Waals surface area (Å²) in [5.41, 5.74) is 7.53. The van der Waals surface area contributed by atoms with E-state index in [1.54, 1.807) is 6.20 Å². The van der Waals surface area contributed by atoms with E-state index in [2.05, 4.69) is 41.2 Å². The van der Waals surface area contributed by atoms with Crippen LogP contribution in [0.4, 0.5) is 11.8 Å². The first kappa shape index (κ1) is 13.3. The SMILES string of the molecule is CCCn1nccc1-c1cc(NC(C)C)nc(N)n1. The molecule has 0 amide bonds. The molecule has 0 fully saturated rings. The molecular formula is C13H20N6. The van der Waals surface area contributed by atoms with Gasteiger partial charge in [0, 0.05) is 24.8 Å². The molecule has 0 bridgehead atoms. The Balaban J connectivity index is 2.38. The van der Waals surface area contributed by atoms with Crippen LogP contribution < -0.4 is 11.1 Å². The van der Waals surface area contributed by atoms with Gasteiger partial charge in [-0.25, -0.2) is 4.98 Å². The second-order valence-corrected chi connectivity index (χ2v) is 4.74. The maximum Gasteiger partial charge on any atom is 0.222 e. The zero-order valence-electron chi connectivity index (χ0n) is 11.6. The molecule has 0 aliphatic rings. The number of rotatable bonds is 5. The maximum atomic E-state index is 5.77. The van der Waals surface area contributed by atoms with Crippen molar-refractivity contribution in [2.75, 3.05) is 11.1 Å². The van der Waals surface area contributed by atoms with Crippen molar-refractivity contribution in [1.82, 2.24) is 19.7 Å². The first-order chi connectivity index (χ1) is 9.10.